The Morgan fingerprint density at radius 2 is 1.94 bits per heavy atom. The molecule has 1 amide bonds. The minimum Gasteiger partial charge on any atom is -0.494 e. The first-order valence-corrected chi connectivity index (χ1v) is 11.9. The molecule has 5 rings (SSSR count). The number of halogens is 1. The summed E-state index contributed by atoms with van der Waals surface area (Å²) >= 11 is 7.66. The average molecular weight is 526 g/mol. The molecule has 0 fully saturated rings. The predicted molar refractivity (Wildman–Crippen MR) is 137 cm³/mol. The van der Waals surface area contributed by atoms with Gasteiger partial charge in [0.05, 0.1) is 35.4 Å². The Hall–Kier alpha value is -4.03. The van der Waals surface area contributed by atoms with Crippen molar-refractivity contribution in [1.82, 2.24) is 28.7 Å². The molecule has 0 aliphatic heterocycles. The molecule has 0 N–H and O–H groups in total. The van der Waals surface area contributed by atoms with Gasteiger partial charge in [0.15, 0.2) is 16.3 Å². The lowest BCUT2D eigenvalue weighted by atomic mass is 10.3. The molecule has 0 bridgehead atoms. The van der Waals surface area contributed by atoms with Crippen molar-refractivity contribution in [2.45, 2.75) is 13.1 Å². The monoisotopic (exact) mass is 525 g/mol. The number of aryl methyl sites for hydroxylation is 1. The van der Waals surface area contributed by atoms with Crippen LogP contribution in [0.4, 0.5) is 5.13 Å². The first kappa shape index (κ1) is 23.7. The number of pyridine rings is 1. The molecule has 5 aromatic rings. The van der Waals surface area contributed by atoms with E-state index in [1.54, 1.807) is 30.5 Å². The van der Waals surface area contributed by atoms with Crippen LogP contribution in [0.5, 0.6) is 5.75 Å². The first-order chi connectivity index (χ1) is 17.3. The molecule has 0 unspecified atom stereocenters. The van der Waals surface area contributed by atoms with Crippen LogP contribution in [0, 0.1) is 0 Å². The number of anilines is 1. The SMILES string of the molecule is COc1ccc(Cl)c2sc(N(Cc3ccccn3)C(=O)Cn3cnc4c3c(=O)n(C)c(=O)n4C)nc12. The molecule has 0 atom stereocenters. The Balaban J connectivity index is 1.60. The van der Waals surface area contributed by atoms with Crippen molar-refractivity contribution < 1.29 is 9.53 Å². The number of aromatic nitrogens is 6. The summed E-state index contributed by atoms with van der Waals surface area (Å²) in [6.07, 6.45) is 3.02. The van der Waals surface area contributed by atoms with Crippen molar-refractivity contribution >= 4 is 55.4 Å². The number of rotatable bonds is 6. The number of nitrogens with zero attached hydrogens (tertiary/aromatic N) is 7. The number of ether oxygens (including phenoxy) is 1. The first-order valence-electron chi connectivity index (χ1n) is 10.7. The molecule has 0 saturated carbocycles. The second-order valence-electron chi connectivity index (χ2n) is 7.98. The number of hydrogen-bond donors (Lipinski definition) is 0. The third-order valence-corrected chi connectivity index (χ3v) is 7.31. The highest BCUT2D eigenvalue weighted by Crippen LogP contribution is 2.39. The van der Waals surface area contributed by atoms with Gasteiger partial charge in [-0.2, -0.15) is 0 Å². The summed E-state index contributed by atoms with van der Waals surface area (Å²) in [5, 5.41) is 0.890. The van der Waals surface area contributed by atoms with Crippen molar-refractivity contribution in [1.29, 1.82) is 0 Å². The lowest BCUT2D eigenvalue weighted by molar-refractivity contribution is -0.119. The zero-order valence-corrected chi connectivity index (χ0v) is 21.1. The lowest BCUT2D eigenvalue weighted by Gasteiger charge is -2.20. The number of benzene rings is 1. The highest BCUT2D eigenvalue weighted by Gasteiger charge is 2.25. The summed E-state index contributed by atoms with van der Waals surface area (Å²) < 4.78 is 9.80. The summed E-state index contributed by atoms with van der Waals surface area (Å²) in [5.41, 5.74) is 0.508. The van der Waals surface area contributed by atoms with E-state index in [4.69, 9.17) is 16.3 Å². The van der Waals surface area contributed by atoms with Crippen molar-refractivity contribution in [3.8, 4) is 5.75 Å². The van der Waals surface area contributed by atoms with Crippen LogP contribution < -0.4 is 20.9 Å². The van der Waals surface area contributed by atoms with Gasteiger partial charge in [-0.25, -0.2) is 14.8 Å². The summed E-state index contributed by atoms with van der Waals surface area (Å²) in [6, 6.07) is 8.86. The standard InChI is InChI=1S/C23H20ClN7O4S/c1-28-20-18(21(33)29(2)23(28)34)30(12-26-20)11-16(32)31(10-13-6-4-5-9-25-13)22-27-17-15(35-3)8-7-14(24)19(17)36-22/h4-9,12H,10-11H2,1-3H3. The highest BCUT2D eigenvalue weighted by atomic mass is 35.5. The largest absolute Gasteiger partial charge is 0.494 e. The van der Waals surface area contributed by atoms with E-state index >= 15 is 0 Å². The molecule has 4 heterocycles. The van der Waals surface area contributed by atoms with Crippen LogP contribution in [0.1, 0.15) is 5.69 Å². The molecule has 36 heavy (non-hydrogen) atoms. The zero-order chi connectivity index (χ0) is 25.6. The zero-order valence-electron chi connectivity index (χ0n) is 19.5. The maximum absolute atomic E-state index is 13.7. The number of carbonyl (C=O) groups excluding carboxylic acids is 1. The molecule has 184 valence electrons. The van der Waals surface area contributed by atoms with Gasteiger partial charge < -0.3 is 9.30 Å². The van der Waals surface area contributed by atoms with Gasteiger partial charge in [-0.1, -0.05) is 29.0 Å². The Bertz CT molecular complexity index is 1740. The molecule has 0 saturated heterocycles. The fraction of sp³-hybridized carbons (Fsp3) is 0.217. The number of carbonyl (C=O) groups is 1. The van der Waals surface area contributed by atoms with Gasteiger partial charge in [-0.05, 0) is 24.3 Å². The van der Waals surface area contributed by atoms with E-state index in [0.717, 1.165) is 4.57 Å². The summed E-state index contributed by atoms with van der Waals surface area (Å²) in [4.78, 5) is 53.5. The fourth-order valence-corrected chi connectivity index (χ4v) is 5.16. The second-order valence-corrected chi connectivity index (χ2v) is 9.36. The van der Waals surface area contributed by atoms with Gasteiger partial charge in [0, 0.05) is 20.3 Å². The number of hydrogen-bond acceptors (Lipinski definition) is 8. The van der Waals surface area contributed by atoms with Crippen molar-refractivity contribution in [2.24, 2.45) is 14.1 Å². The number of thiazole rings is 1. The van der Waals surface area contributed by atoms with E-state index in [1.807, 2.05) is 6.07 Å². The van der Waals surface area contributed by atoms with E-state index in [9.17, 15) is 14.4 Å². The van der Waals surface area contributed by atoms with Crippen molar-refractivity contribution in [3.05, 3.63) is 74.4 Å². The predicted octanol–water partition coefficient (Wildman–Crippen LogP) is 2.33. The minimum absolute atomic E-state index is 0.141. The molecule has 0 radical (unpaired) electrons. The number of amides is 1. The van der Waals surface area contributed by atoms with Crippen LogP contribution >= 0.6 is 22.9 Å². The molecule has 0 aliphatic rings. The van der Waals surface area contributed by atoms with E-state index < -0.39 is 11.2 Å². The minimum atomic E-state index is -0.536. The molecule has 13 heteroatoms. The quantitative estimate of drug-likeness (QED) is 0.334. The van der Waals surface area contributed by atoms with Gasteiger partial charge in [0.25, 0.3) is 5.56 Å². The fourth-order valence-electron chi connectivity index (χ4n) is 3.89. The molecule has 11 nitrogen and oxygen atoms in total. The average Bonchev–Trinajstić information content (AvgIpc) is 3.51. The van der Waals surface area contributed by atoms with Gasteiger partial charge in [-0.3, -0.25) is 28.6 Å². The molecule has 0 spiro atoms. The number of methoxy groups -OCH3 is 1. The number of imidazole rings is 1. The molecule has 1 aromatic carbocycles. The molecule has 4 aromatic heterocycles. The van der Waals surface area contributed by atoms with E-state index in [-0.39, 0.29) is 30.2 Å². The van der Waals surface area contributed by atoms with Gasteiger partial charge in [-0.15, -0.1) is 0 Å². The van der Waals surface area contributed by atoms with Crippen molar-refractivity contribution in [3.63, 3.8) is 0 Å². The van der Waals surface area contributed by atoms with Crippen LogP contribution in [-0.4, -0.2) is 41.7 Å². The van der Waals surface area contributed by atoms with Crippen LogP contribution in [0.15, 0.2) is 52.4 Å². The molecule has 0 aliphatic carbocycles. The van der Waals surface area contributed by atoms with E-state index in [0.29, 0.717) is 31.8 Å². The topological polar surface area (TPSA) is 117 Å². The van der Waals surface area contributed by atoms with Crippen LogP contribution in [0.25, 0.3) is 21.4 Å². The maximum Gasteiger partial charge on any atom is 0.332 e. The number of fused-ring (bicyclic) bond motifs is 2. The van der Waals surface area contributed by atoms with Crippen LogP contribution in [0.2, 0.25) is 5.02 Å². The lowest BCUT2D eigenvalue weighted by Crippen LogP contribution is -2.38. The van der Waals surface area contributed by atoms with Crippen LogP contribution in [0.3, 0.4) is 0 Å². The molecular formula is C23H20ClN7O4S. The van der Waals surface area contributed by atoms with Crippen molar-refractivity contribution in [2.75, 3.05) is 12.0 Å². The Morgan fingerprint density at radius 1 is 1.14 bits per heavy atom. The third kappa shape index (κ3) is 3.93. The maximum atomic E-state index is 13.7. The van der Waals surface area contributed by atoms with E-state index in [2.05, 4.69) is 15.0 Å². The summed E-state index contributed by atoms with van der Waals surface area (Å²) in [5.74, 6) is 0.178. The Morgan fingerprint density at radius 3 is 2.67 bits per heavy atom. The smallest absolute Gasteiger partial charge is 0.332 e. The summed E-state index contributed by atoms with van der Waals surface area (Å²) in [6.45, 7) is -0.0693. The Labute approximate surface area is 212 Å². The Kier molecular flexibility index (Phi) is 6.06. The molecular weight excluding hydrogens is 506 g/mol. The normalized spacial score (nSPS) is 11.3. The highest BCUT2D eigenvalue weighted by molar-refractivity contribution is 7.23. The van der Waals surface area contributed by atoms with Gasteiger partial charge in [0.1, 0.15) is 17.8 Å². The second kappa shape index (κ2) is 9.21. The van der Waals surface area contributed by atoms with E-state index in [1.165, 1.54) is 52.9 Å². The third-order valence-electron chi connectivity index (χ3n) is 5.77. The van der Waals surface area contributed by atoms with Gasteiger partial charge in [0.2, 0.25) is 5.91 Å². The van der Waals surface area contributed by atoms with Gasteiger partial charge >= 0.3 is 5.69 Å². The van der Waals surface area contributed by atoms with Crippen LogP contribution in [-0.2, 0) is 32.0 Å². The summed E-state index contributed by atoms with van der Waals surface area (Å²) in [7, 11) is 4.44.